The van der Waals surface area contributed by atoms with E-state index in [0.717, 1.165) is 0 Å². The maximum absolute atomic E-state index is 10.9. The minimum Gasteiger partial charge on any atom is -0.367 e. The van der Waals surface area contributed by atoms with E-state index in [2.05, 4.69) is 0 Å². The summed E-state index contributed by atoms with van der Waals surface area (Å²) in [6.07, 6.45) is 0.0250. The van der Waals surface area contributed by atoms with Gasteiger partial charge < -0.3 is 14.8 Å². The van der Waals surface area contributed by atoms with E-state index in [1.165, 1.54) is 16.8 Å². The fourth-order valence-electron chi connectivity index (χ4n) is 0.787. The fraction of sp³-hybridized carbons (Fsp3) is 0.286. The number of pyridine rings is 1. The fourth-order valence-corrected chi connectivity index (χ4v) is 0.787. The van der Waals surface area contributed by atoms with Gasteiger partial charge in [0.15, 0.2) is 6.29 Å². The van der Waals surface area contributed by atoms with Gasteiger partial charge in [0.25, 0.3) is 5.56 Å². The third-order valence-corrected chi connectivity index (χ3v) is 1.26. The van der Waals surface area contributed by atoms with Gasteiger partial charge in [0.2, 0.25) is 0 Å². The largest absolute Gasteiger partial charge is 0.367 e. The molecule has 0 amide bonds. The smallest absolute Gasteiger partial charge is 0.250 e. The maximum atomic E-state index is 10.9. The molecule has 0 spiro atoms. The molecule has 1 heterocycles. The lowest BCUT2D eigenvalue weighted by atomic mass is 10.4. The molecule has 60 valence electrons. The highest BCUT2D eigenvalue weighted by atomic mass is 16.5. The quantitative estimate of drug-likeness (QED) is 0.547. The Balaban J connectivity index is 2.87. The first kappa shape index (κ1) is 7.97. The minimum atomic E-state index is -1.48. The molecule has 0 aliphatic heterocycles. The van der Waals surface area contributed by atoms with Gasteiger partial charge in [-0.3, -0.25) is 4.79 Å². The standard InChI is InChI=1S/C7H9NO3/c9-6-3-1-2-4-8(6)5-7(10)11/h1-4,7,10-11H,5H2. The molecule has 0 atom stereocenters. The number of aliphatic hydroxyl groups is 2. The second-order valence-electron chi connectivity index (χ2n) is 2.17. The average molecular weight is 155 g/mol. The van der Waals surface area contributed by atoms with E-state index in [-0.39, 0.29) is 12.1 Å². The van der Waals surface area contributed by atoms with Crippen molar-refractivity contribution in [1.82, 2.24) is 4.57 Å². The molecular weight excluding hydrogens is 146 g/mol. The third kappa shape index (κ3) is 2.18. The molecule has 1 rings (SSSR count). The summed E-state index contributed by atoms with van der Waals surface area (Å²) in [5, 5.41) is 17.1. The van der Waals surface area contributed by atoms with Crippen molar-refractivity contribution in [1.29, 1.82) is 0 Å². The lowest BCUT2D eigenvalue weighted by Crippen LogP contribution is -2.24. The van der Waals surface area contributed by atoms with Crippen molar-refractivity contribution < 1.29 is 10.2 Å². The number of rotatable bonds is 2. The Bertz CT molecular complexity index is 279. The molecule has 0 fully saturated rings. The summed E-state index contributed by atoms with van der Waals surface area (Å²) in [7, 11) is 0. The number of aliphatic hydroxyl groups excluding tert-OH is 1. The van der Waals surface area contributed by atoms with Gasteiger partial charge in [-0.2, -0.15) is 0 Å². The van der Waals surface area contributed by atoms with Crippen LogP contribution >= 0.6 is 0 Å². The predicted molar refractivity (Wildman–Crippen MR) is 38.9 cm³/mol. The minimum absolute atomic E-state index is 0.0837. The number of nitrogens with zero attached hydrogens (tertiary/aromatic N) is 1. The van der Waals surface area contributed by atoms with Crippen LogP contribution in [0.1, 0.15) is 0 Å². The molecule has 1 aromatic rings. The van der Waals surface area contributed by atoms with Crippen molar-refractivity contribution in [2.75, 3.05) is 0 Å². The number of hydrogen-bond acceptors (Lipinski definition) is 3. The van der Waals surface area contributed by atoms with Crippen molar-refractivity contribution in [3.63, 3.8) is 0 Å². The summed E-state index contributed by atoms with van der Waals surface area (Å²) in [4.78, 5) is 10.9. The van der Waals surface area contributed by atoms with Gasteiger partial charge in [-0.25, -0.2) is 0 Å². The van der Waals surface area contributed by atoms with Crippen LogP contribution in [-0.4, -0.2) is 21.1 Å². The third-order valence-electron chi connectivity index (χ3n) is 1.26. The molecule has 11 heavy (non-hydrogen) atoms. The van der Waals surface area contributed by atoms with E-state index in [1.54, 1.807) is 12.1 Å². The number of aromatic nitrogens is 1. The van der Waals surface area contributed by atoms with Crippen molar-refractivity contribution in [2.24, 2.45) is 0 Å². The zero-order chi connectivity index (χ0) is 8.27. The molecule has 4 nitrogen and oxygen atoms in total. The van der Waals surface area contributed by atoms with E-state index in [4.69, 9.17) is 10.2 Å². The second kappa shape index (κ2) is 3.32. The molecule has 0 aromatic carbocycles. The van der Waals surface area contributed by atoms with Gasteiger partial charge in [0.05, 0.1) is 6.54 Å². The van der Waals surface area contributed by atoms with Gasteiger partial charge in [-0.05, 0) is 6.07 Å². The highest BCUT2D eigenvalue weighted by Crippen LogP contribution is 1.84. The molecule has 0 bridgehead atoms. The van der Waals surface area contributed by atoms with Crippen LogP contribution < -0.4 is 5.56 Å². The van der Waals surface area contributed by atoms with Crippen molar-refractivity contribution in [2.45, 2.75) is 12.8 Å². The Labute approximate surface area is 63.3 Å². The Kier molecular flexibility index (Phi) is 2.40. The van der Waals surface area contributed by atoms with Crippen molar-refractivity contribution in [3.05, 3.63) is 34.7 Å². The van der Waals surface area contributed by atoms with Gasteiger partial charge in [-0.15, -0.1) is 0 Å². The zero-order valence-electron chi connectivity index (χ0n) is 5.84. The molecule has 0 saturated heterocycles. The summed E-state index contributed by atoms with van der Waals surface area (Å²) >= 11 is 0. The summed E-state index contributed by atoms with van der Waals surface area (Å²) < 4.78 is 1.23. The van der Waals surface area contributed by atoms with Gasteiger partial charge in [-0.1, -0.05) is 6.07 Å². The predicted octanol–water partition coefficient (Wildman–Crippen LogP) is -0.841. The van der Waals surface area contributed by atoms with E-state index >= 15 is 0 Å². The highest BCUT2D eigenvalue weighted by Gasteiger charge is 1.98. The maximum Gasteiger partial charge on any atom is 0.250 e. The first-order chi connectivity index (χ1) is 5.20. The second-order valence-corrected chi connectivity index (χ2v) is 2.17. The molecule has 1 aromatic heterocycles. The summed E-state index contributed by atoms with van der Waals surface area (Å²) in [5.41, 5.74) is -0.236. The van der Waals surface area contributed by atoms with Crippen LogP contribution in [-0.2, 0) is 6.54 Å². The molecule has 0 aliphatic carbocycles. The van der Waals surface area contributed by atoms with E-state index in [0.29, 0.717) is 0 Å². The summed E-state index contributed by atoms with van der Waals surface area (Å²) in [6.45, 7) is -0.0837. The summed E-state index contributed by atoms with van der Waals surface area (Å²) in [5.74, 6) is 0. The van der Waals surface area contributed by atoms with E-state index < -0.39 is 6.29 Å². The molecule has 2 N–H and O–H groups in total. The summed E-state index contributed by atoms with van der Waals surface area (Å²) in [6, 6.07) is 4.62. The average Bonchev–Trinajstić information content (AvgIpc) is 1.93. The Morgan fingerprint density at radius 3 is 2.73 bits per heavy atom. The Hall–Kier alpha value is -1.13. The van der Waals surface area contributed by atoms with Crippen LogP contribution in [0.4, 0.5) is 0 Å². The zero-order valence-corrected chi connectivity index (χ0v) is 5.84. The van der Waals surface area contributed by atoms with Gasteiger partial charge >= 0.3 is 0 Å². The Morgan fingerprint density at radius 2 is 2.18 bits per heavy atom. The van der Waals surface area contributed by atoms with Crippen molar-refractivity contribution >= 4 is 0 Å². The molecule has 0 saturated carbocycles. The van der Waals surface area contributed by atoms with E-state index in [1.807, 2.05) is 0 Å². The van der Waals surface area contributed by atoms with Crippen LogP contribution in [0.3, 0.4) is 0 Å². The van der Waals surface area contributed by atoms with Gasteiger partial charge in [0, 0.05) is 12.3 Å². The Morgan fingerprint density at radius 1 is 1.45 bits per heavy atom. The topological polar surface area (TPSA) is 62.5 Å². The molecular formula is C7H9NO3. The van der Waals surface area contributed by atoms with Crippen LogP contribution in [0.25, 0.3) is 0 Å². The van der Waals surface area contributed by atoms with Crippen LogP contribution in [0.2, 0.25) is 0 Å². The number of hydrogen-bond donors (Lipinski definition) is 2. The lowest BCUT2D eigenvalue weighted by molar-refractivity contribution is -0.0519. The van der Waals surface area contributed by atoms with Crippen LogP contribution in [0.5, 0.6) is 0 Å². The highest BCUT2D eigenvalue weighted by molar-refractivity contribution is 4.93. The molecule has 4 heteroatoms. The molecule has 0 unspecified atom stereocenters. The monoisotopic (exact) mass is 155 g/mol. The lowest BCUT2D eigenvalue weighted by Gasteiger charge is -2.05. The van der Waals surface area contributed by atoms with Gasteiger partial charge in [0.1, 0.15) is 0 Å². The van der Waals surface area contributed by atoms with Crippen LogP contribution in [0.15, 0.2) is 29.2 Å². The van der Waals surface area contributed by atoms with Crippen LogP contribution in [0, 0.1) is 0 Å². The normalized spacial score (nSPS) is 10.5. The molecule has 0 aliphatic rings. The van der Waals surface area contributed by atoms with Crippen molar-refractivity contribution in [3.8, 4) is 0 Å². The first-order valence-corrected chi connectivity index (χ1v) is 3.22. The first-order valence-electron chi connectivity index (χ1n) is 3.22. The SMILES string of the molecule is O=c1ccccn1CC(O)O. The molecule has 0 radical (unpaired) electrons. The van der Waals surface area contributed by atoms with E-state index in [9.17, 15) is 4.79 Å².